The highest BCUT2D eigenvalue weighted by Gasteiger charge is 2.28. The van der Waals surface area contributed by atoms with Crippen molar-refractivity contribution in [3.8, 4) is 16.9 Å². The summed E-state index contributed by atoms with van der Waals surface area (Å²) in [6.07, 6.45) is 0.581. The van der Waals surface area contributed by atoms with Crippen LogP contribution in [0, 0.1) is 0 Å². The van der Waals surface area contributed by atoms with Crippen molar-refractivity contribution in [1.29, 1.82) is 0 Å². The molecule has 1 unspecified atom stereocenters. The van der Waals surface area contributed by atoms with E-state index in [1.54, 1.807) is 35.7 Å². The second-order valence-corrected chi connectivity index (χ2v) is 9.45. The van der Waals surface area contributed by atoms with E-state index in [0.29, 0.717) is 29.3 Å². The number of nitrogens with zero attached hydrogens (tertiary/aromatic N) is 1. The molecule has 160 valence electrons. The van der Waals surface area contributed by atoms with Gasteiger partial charge in [0, 0.05) is 22.9 Å². The van der Waals surface area contributed by atoms with Crippen molar-refractivity contribution in [2.45, 2.75) is 17.9 Å². The van der Waals surface area contributed by atoms with Crippen LogP contribution in [0.15, 0.2) is 59.5 Å². The maximum absolute atomic E-state index is 12.9. The van der Waals surface area contributed by atoms with Crippen LogP contribution < -0.4 is 10.2 Å². The lowest BCUT2D eigenvalue weighted by molar-refractivity contribution is 0.0711. The Balaban J connectivity index is 1.46. The van der Waals surface area contributed by atoms with Gasteiger partial charge in [-0.2, -0.15) is 0 Å². The zero-order chi connectivity index (χ0) is 22.0. The molecule has 1 aliphatic heterocycles. The van der Waals surface area contributed by atoms with Gasteiger partial charge in [0.1, 0.15) is 16.5 Å². The number of carbonyl (C=O) groups is 2. The van der Waals surface area contributed by atoms with E-state index < -0.39 is 21.9 Å². The van der Waals surface area contributed by atoms with Gasteiger partial charge in [-0.1, -0.05) is 24.3 Å². The molecule has 0 bridgehead atoms. The van der Waals surface area contributed by atoms with Crippen LogP contribution in [0.4, 0.5) is 4.79 Å². The molecule has 7 nitrogen and oxygen atoms in total. The zero-order valence-corrected chi connectivity index (χ0v) is 18.3. The largest absolute Gasteiger partial charge is 0.497 e. The Morgan fingerprint density at radius 1 is 1.10 bits per heavy atom. The molecule has 31 heavy (non-hydrogen) atoms. The minimum absolute atomic E-state index is 0.291. The highest BCUT2D eigenvalue weighted by molar-refractivity contribution is 8.00. The van der Waals surface area contributed by atoms with E-state index in [1.165, 1.54) is 11.3 Å². The minimum Gasteiger partial charge on any atom is -0.497 e. The van der Waals surface area contributed by atoms with Crippen LogP contribution in [0.1, 0.15) is 20.1 Å². The lowest BCUT2D eigenvalue weighted by Gasteiger charge is -2.26. The molecule has 1 atom stereocenters. The number of fused-ring (bicyclic) bond motifs is 1. The van der Waals surface area contributed by atoms with Crippen molar-refractivity contribution >= 4 is 33.3 Å². The second-order valence-electron chi connectivity index (χ2n) is 6.96. The van der Waals surface area contributed by atoms with Crippen LogP contribution in [0.3, 0.4) is 0 Å². The predicted octanol–water partition coefficient (Wildman–Crippen LogP) is 3.83. The minimum atomic E-state index is -1.82. The lowest BCUT2D eigenvalue weighted by atomic mass is 10.1. The SMILES string of the molecule is COc1ccc(-c2ccc(S(=O)C(=O)N3CCc4sc(C(=O)NO)cc4C3)cc2)cc1. The van der Waals surface area contributed by atoms with Crippen LogP contribution in [-0.4, -0.2) is 39.1 Å². The average molecular weight is 457 g/mol. The second kappa shape index (κ2) is 9.01. The number of hydroxylamine groups is 1. The number of benzene rings is 2. The fourth-order valence-corrected chi connectivity index (χ4v) is 5.46. The molecule has 2 heterocycles. The fraction of sp³-hybridized carbons (Fsp3) is 0.182. The van der Waals surface area contributed by atoms with E-state index in [1.807, 2.05) is 36.4 Å². The van der Waals surface area contributed by atoms with Crippen LogP contribution in [0.25, 0.3) is 11.1 Å². The van der Waals surface area contributed by atoms with Gasteiger partial charge in [0.05, 0.1) is 12.0 Å². The van der Waals surface area contributed by atoms with E-state index >= 15 is 0 Å². The summed E-state index contributed by atoms with van der Waals surface area (Å²) in [7, 11) is -0.211. The van der Waals surface area contributed by atoms with E-state index in [0.717, 1.165) is 27.3 Å². The van der Waals surface area contributed by atoms with Crippen molar-refractivity contribution in [1.82, 2.24) is 10.4 Å². The first kappa shape index (κ1) is 21.2. The number of ether oxygens (including phenoxy) is 1. The van der Waals surface area contributed by atoms with Gasteiger partial charge < -0.3 is 9.64 Å². The van der Waals surface area contributed by atoms with Gasteiger partial charge in [0.25, 0.3) is 5.91 Å². The number of amides is 2. The van der Waals surface area contributed by atoms with Crippen molar-refractivity contribution in [2.75, 3.05) is 13.7 Å². The molecule has 1 aliphatic rings. The molecular formula is C22H20N2O5S2. The van der Waals surface area contributed by atoms with Crippen molar-refractivity contribution in [3.05, 3.63) is 69.9 Å². The smallest absolute Gasteiger partial charge is 0.316 e. The Labute approximate surface area is 185 Å². The van der Waals surface area contributed by atoms with Crippen LogP contribution in [0.5, 0.6) is 5.75 Å². The van der Waals surface area contributed by atoms with Crippen molar-refractivity contribution in [2.24, 2.45) is 0 Å². The van der Waals surface area contributed by atoms with Gasteiger partial charge in [0.15, 0.2) is 0 Å². The maximum Gasteiger partial charge on any atom is 0.316 e. The molecule has 2 aromatic carbocycles. The third kappa shape index (κ3) is 4.39. The molecule has 0 spiro atoms. The topological polar surface area (TPSA) is 95.9 Å². The Hall–Kier alpha value is -3.01. The molecular weight excluding hydrogens is 436 g/mol. The third-order valence-corrected chi connectivity index (χ3v) is 7.61. The third-order valence-electron chi connectivity index (χ3n) is 5.10. The van der Waals surface area contributed by atoms with E-state index in [4.69, 9.17) is 9.94 Å². The first-order valence-electron chi connectivity index (χ1n) is 9.51. The van der Waals surface area contributed by atoms with Gasteiger partial charge in [-0.15, -0.1) is 11.3 Å². The van der Waals surface area contributed by atoms with E-state index in [2.05, 4.69) is 0 Å². The lowest BCUT2D eigenvalue weighted by Crippen LogP contribution is -2.36. The van der Waals surface area contributed by atoms with Crippen molar-refractivity contribution in [3.63, 3.8) is 0 Å². The summed E-state index contributed by atoms with van der Waals surface area (Å²) in [4.78, 5) is 27.8. The highest BCUT2D eigenvalue weighted by atomic mass is 32.2. The van der Waals surface area contributed by atoms with E-state index in [-0.39, 0.29) is 0 Å². The number of hydrogen-bond donors (Lipinski definition) is 2. The Morgan fingerprint density at radius 2 is 1.74 bits per heavy atom. The molecule has 9 heteroatoms. The van der Waals surface area contributed by atoms with Crippen molar-refractivity contribution < 1.29 is 23.7 Å². The standard InChI is InChI=1S/C22H20N2O5S2/c1-29-17-6-2-14(3-7-17)15-4-8-18(9-5-15)31(28)22(26)24-11-10-19-16(13-24)12-20(30-19)21(25)23-27/h2-9,12,27H,10-11,13H2,1H3,(H,23,25). The van der Waals surface area contributed by atoms with Crippen LogP contribution >= 0.6 is 11.3 Å². The highest BCUT2D eigenvalue weighted by Crippen LogP contribution is 2.29. The molecule has 0 fully saturated rings. The summed E-state index contributed by atoms with van der Waals surface area (Å²) in [5.74, 6) is 0.198. The molecule has 3 aromatic rings. The van der Waals surface area contributed by atoms with Gasteiger partial charge in [0.2, 0.25) is 0 Å². The number of nitrogens with one attached hydrogen (secondary N) is 1. The average Bonchev–Trinajstić information content (AvgIpc) is 3.26. The first-order valence-corrected chi connectivity index (χ1v) is 11.5. The summed E-state index contributed by atoms with van der Waals surface area (Å²) in [6, 6.07) is 16.4. The van der Waals surface area contributed by atoms with Gasteiger partial charge in [-0.25, -0.2) is 9.69 Å². The Morgan fingerprint density at radius 3 is 2.35 bits per heavy atom. The monoisotopic (exact) mass is 456 g/mol. The number of thiophene rings is 1. The molecule has 2 N–H and O–H groups in total. The summed E-state index contributed by atoms with van der Waals surface area (Å²) >= 11 is 1.29. The normalized spacial score (nSPS) is 13.9. The quantitative estimate of drug-likeness (QED) is 0.460. The first-order chi connectivity index (χ1) is 15.0. The predicted molar refractivity (Wildman–Crippen MR) is 118 cm³/mol. The number of rotatable bonds is 4. The number of hydrogen-bond acceptors (Lipinski definition) is 6. The molecule has 1 aromatic heterocycles. The summed E-state index contributed by atoms with van der Waals surface area (Å²) in [6.45, 7) is 0.723. The van der Waals surface area contributed by atoms with Gasteiger partial charge in [-0.3, -0.25) is 14.8 Å². The molecule has 4 rings (SSSR count). The fourth-order valence-electron chi connectivity index (χ4n) is 3.43. The molecule has 0 saturated heterocycles. The summed E-state index contributed by atoms with van der Waals surface area (Å²) in [5.41, 5.74) is 4.41. The van der Waals surface area contributed by atoms with E-state index in [9.17, 15) is 13.8 Å². The van der Waals surface area contributed by atoms with Crippen LogP contribution in [-0.2, 0) is 23.8 Å². The number of methoxy groups -OCH3 is 1. The zero-order valence-electron chi connectivity index (χ0n) is 16.7. The Kier molecular flexibility index (Phi) is 6.17. The van der Waals surface area contributed by atoms with Gasteiger partial charge >= 0.3 is 5.24 Å². The number of carbonyl (C=O) groups excluding carboxylic acids is 2. The van der Waals surface area contributed by atoms with Gasteiger partial charge in [-0.05, 0) is 53.4 Å². The summed E-state index contributed by atoms with van der Waals surface area (Å²) in [5, 5.41) is 8.34. The summed E-state index contributed by atoms with van der Waals surface area (Å²) < 4.78 is 18.0. The molecule has 0 saturated carbocycles. The Bertz CT molecular complexity index is 1140. The van der Waals surface area contributed by atoms with Crippen LogP contribution in [0.2, 0.25) is 0 Å². The molecule has 2 amide bonds. The molecule has 0 radical (unpaired) electrons. The maximum atomic E-state index is 12.9. The molecule has 0 aliphatic carbocycles.